The Morgan fingerprint density at radius 2 is 1.24 bits per heavy atom. The van der Waals surface area contributed by atoms with E-state index < -0.39 is 0 Å². The predicted octanol–water partition coefficient (Wildman–Crippen LogP) is 8.40. The molecule has 45 heavy (non-hydrogen) atoms. The van der Waals surface area contributed by atoms with E-state index in [0.29, 0.717) is 0 Å². The molecular weight excluding hydrogens is 551 g/mol. The first kappa shape index (κ1) is 27.9. The number of anilines is 6. The molecule has 5 aromatic carbocycles. The van der Waals surface area contributed by atoms with Gasteiger partial charge in [-0.15, -0.1) is 0 Å². The molecule has 8 rings (SSSR count). The fourth-order valence-electron chi connectivity index (χ4n) is 7.28. The molecule has 0 saturated carbocycles. The van der Waals surface area contributed by atoms with Gasteiger partial charge in [-0.1, -0.05) is 90.1 Å². The molecule has 0 radical (unpaired) electrons. The Hall–Kier alpha value is -4.64. The summed E-state index contributed by atoms with van der Waals surface area (Å²) in [5, 5.41) is 0. The predicted molar refractivity (Wildman–Crippen MR) is 189 cm³/mol. The van der Waals surface area contributed by atoms with Gasteiger partial charge in [0.15, 0.2) is 11.5 Å². The van der Waals surface area contributed by atoms with Crippen molar-refractivity contribution in [2.24, 2.45) is 0 Å². The second-order valence-electron chi connectivity index (χ2n) is 14.7. The van der Waals surface area contributed by atoms with Crippen LogP contribution in [0.5, 0.6) is 11.5 Å². The van der Waals surface area contributed by atoms with Crippen LogP contribution in [-0.4, -0.2) is 13.5 Å². The summed E-state index contributed by atoms with van der Waals surface area (Å²) in [5.41, 5.74) is 14.8. The summed E-state index contributed by atoms with van der Waals surface area (Å²) < 4.78 is 12.2. The van der Waals surface area contributed by atoms with Gasteiger partial charge in [-0.3, -0.25) is 0 Å². The van der Waals surface area contributed by atoms with E-state index in [2.05, 4.69) is 155 Å². The SMILES string of the molecule is Cc1cc2c3c(c1)N(c1ccccc1)c1c(ccc4c1OCO4)B3c1cc(C(C)(C)C)ccc1N2c1ccc(C(C)(C)C)cc1. The van der Waals surface area contributed by atoms with E-state index >= 15 is 0 Å². The highest BCUT2D eigenvalue weighted by molar-refractivity contribution is 7.00. The zero-order valence-corrected chi connectivity index (χ0v) is 27.2. The fourth-order valence-corrected chi connectivity index (χ4v) is 7.28. The van der Waals surface area contributed by atoms with Crippen LogP contribution in [0.25, 0.3) is 0 Å². The summed E-state index contributed by atoms with van der Waals surface area (Å²) in [7, 11) is 0. The van der Waals surface area contributed by atoms with Crippen LogP contribution in [0.4, 0.5) is 34.1 Å². The van der Waals surface area contributed by atoms with E-state index in [1.807, 2.05) is 0 Å². The number of ether oxygens (including phenoxy) is 2. The summed E-state index contributed by atoms with van der Waals surface area (Å²) in [6.07, 6.45) is 0. The van der Waals surface area contributed by atoms with Gasteiger partial charge in [0.2, 0.25) is 6.79 Å². The molecule has 0 saturated heterocycles. The quantitative estimate of drug-likeness (QED) is 0.189. The van der Waals surface area contributed by atoms with Gasteiger partial charge in [0.25, 0.3) is 6.71 Å². The lowest BCUT2D eigenvalue weighted by atomic mass is 9.33. The van der Waals surface area contributed by atoms with Gasteiger partial charge in [-0.05, 0) is 99.4 Å². The Balaban J connectivity index is 1.47. The van der Waals surface area contributed by atoms with Gasteiger partial charge in [0.05, 0.1) is 5.69 Å². The van der Waals surface area contributed by atoms with Crippen molar-refractivity contribution in [2.45, 2.75) is 59.3 Å². The minimum atomic E-state index is 0.00700. The summed E-state index contributed by atoms with van der Waals surface area (Å²) in [6, 6.07) is 36.0. The molecule has 0 unspecified atom stereocenters. The molecule has 5 heteroatoms. The lowest BCUT2D eigenvalue weighted by Gasteiger charge is -2.45. The third-order valence-corrected chi connectivity index (χ3v) is 9.58. The number of benzene rings is 5. The Labute approximate surface area is 267 Å². The number of para-hydroxylation sites is 1. The van der Waals surface area contributed by atoms with Crippen LogP contribution < -0.4 is 35.7 Å². The first-order chi connectivity index (χ1) is 21.5. The van der Waals surface area contributed by atoms with Gasteiger partial charge in [-0.25, -0.2) is 0 Å². The van der Waals surface area contributed by atoms with Crippen molar-refractivity contribution in [3.63, 3.8) is 0 Å². The molecule has 0 amide bonds. The first-order valence-corrected chi connectivity index (χ1v) is 16.0. The Bertz CT molecular complexity index is 1970. The van der Waals surface area contributed by atoms with E-state index in [9.17, 15) is 0 Å². The van der Waals surface area contributed by atoms with Crippen LogP contribution in [0.15, 0.2) is 97.1 Å². The summed E-state index contributed by atoms with van der Waals surface area (Å²) in [4.78, 5) is 4.88. The lowest BCUT2D eigenvalue weighted by Crippen LogP contribution is -2.61. The Morgan fingerprint density at radius 3 is 1.93 bits per heavy atom. The molecular formula is C40H39BN2O2. The van der Waals surface area contributed by atoms with Crippen LogP contribution in [0.2, 0.25) is 0 Å². The van der Waals surface area contributed by atoms with Gasteiger partial charge in [0.1, 0.15) is 0 Å². The summed E-state index contributed by atoms with van der Waals surface area (Å²) in [5.74, 6) is 1.62. The highest BCUT2D eigenvalue weighted by atomic mass is 16.7. The molecule has 3 aliphatic rings. The van der Waals surface area contributed by atoms with E-state index in [-0.39, 0.29) is 24.3 Å². The third kappa shape index (κ3) is 4.28. The van der Waals surface area contributed by atoms with Gasteiger partial charge < -0.3 is 19.3 Å². The number of hydrogen-bond acceptors (Lipinski definition) is 4. The summed E-state index contributed by atoms with van der Waals surface area (Å²) in [6.45, 7) is 16.2. The lowest BCUT2D eigenvalue weighted by molar-refractivity contribution is 0.174. The van der Waals surface area contributed by atoms with E-state index in [4.69, 9.17) is 9.47 Å². The minimum Gasteiger partial charge on any atom is -0.454 e. The molecule has 0 N–H and O–H groups in total. The number of rotatable bonds is 2. The molecule has 0 spiro atoms. The van der Waals surface area contributed by atoms with Crippen molar-refractivity contribution >= 4 is 57.2 Å². The second-order valence-corrected chi connectivity index (χ2v) is 14.7. The average molecular weight is 591 g/mol. The molecule has 5 aromatic rings. The third-order valence-electron chi connectivity index (χ3n) is 9.58. The Kier molecular flexibility index (Phi) is 6.00. The van der Waals surface area contributed by atoms with Crippen LogP contribution in [-0.2, 0) is 10.8 Å². The average Bonchev–Trinajstić information content (AvgIpc) is 3.49. The van der Waals surface area contributed by atoms with Crippen LogP contribution in [0.3, 0.4) is 0 Å². The second kappa shape index (κ2) is 9.68. The summed E-state index contributed by atoms with van der Waals surface area (Å²) >= 11 is 0. The molecule has 4 nitrogen and oxygen atoms in total. The maximum atomic E-state index is 6.26. The topological polar surface area (TPSA) is 24.9 Å². The molecule has 0 aliphatic carbocycles. The molecule has 0 bridgehead atoms. The Morgan fingerprint density at radius 1 is 0.600 bits per heavy atom. The van der Waals surface area contributed by atoms with Crippen molar-refractivity contribution in [2.75, 3.05) is 16.6 Å². The fraction of sp³-hybridized carbons (Fsp3) is 0.250. The highest BCUT2D eigenvalue weighted by Crippen LogP contribution is 2.50. The van der Waals surface area contributed by atoms with Crippen molar-refractivity contribution < 1.29 is 9.47 Å². The zero-order chi connectivity index (χ0) is 31.2. The van der Waals surface area contributed by atoms with Crippen LogP contribution in [0, 0.1) is 6.92 Å². The van der Waals surface area contributed by atoms with Crippen molar-refractivity contribution in [1.29, 1.82) is 0 Å². The largest absolute Gasteiger partial charge is 0.454 e. The number of hydrogen-bond donors (Lipinski definition) is 0. The molecule has 0 aromatic heterocycles. The standard InChI is InChI=1S/C40H39BN2O2/c1-25-21-33-36-34(22-25)43(28-11-9-8-10-12-28)37-30(18-20-35-38(37)45-24-44-35)41(36)31-23-27(40(5,6)7)15-19-32(31)42(33)29-16-13-26(14-17-29)39(2,3)4/h8-23H,24H2,1-7H3. The normalized spacial score (nSPS) is 14.7. The number of fused-ring (bicyclic) bond motifs is 6. The van der Waals surface area contributed by atoms with Crippen molar-refractivity contribution in [3.05, 3.63) is 114 Å². The van der Waals surface area contributed by atoms with Crippen molar-refractivity contribution in [1.82, 2.24) is 0 Å². The van der Waals surface area contributed by atoms with Gasteiger partial charge in [-0.2, -0.15) is 0 Å². The highest BCUT2D eigenvalue weighted by Gasteiger charge is 2.45. The van der Waals surface area contributed by atoms with Gasteiger partial charge in [0, 0.05) is 28.4 Å². The molecule has 224 valence electrons. The minimum absolute atomic E-state index is 0.00700. The van der Waals surface area contributed by atoms with E-state index in [1.54, 1.807) is 0 Å². The molecule has 3 aliphatic heterocycles. The number of aryl methyl sites for hydroxylation is 1. The molecule has 0 fully saturated rings. The van der Waals surface area contributed by atoms with E-state index in [1.165, 1.54) is 55.8 Å². The van der Waals surface area contributed by atoms with Crippen LogP contribution >= 0.6 is 0 Å². The van der Waals surface area contributed by atoms with Gasteiger partial charge >= 0.3 is 0 Å². The molecule has 3 heterocycles. The zero-order valence-electron chi connectivity index (χ0n) is 27.2. The monoisotopic (exact) mass is 590 g/mol. The first-order valence-electron chi connectivity index (χ1n) is 16.0. The number of nitrogens with zero attached hydrogens (tertiary/aromatic N) is 2. The maximum Gasteiger partial charge on any atom is 0.252 e. The maximum absolute atomic E-state index is 6.26. The smallest absolute Gasteiger partial charge is 0.252 e. The van der Waals surface area contributed by atoms with E-state index in [0.717, 1.165) is 22.9 Å². The van der Waals surface area contributed by atoms with Crippen LogP contribution in [0.1, 0.15) is 58.2 Å². The van der Waals surface area contributed by atoms with Crippen molar-refractivity contribution in [3.8, 4) is 11.5 Å². The molecule has 0 atom stereocenters.